The summed E-state index contributed by atoms with van der Waals surface area (Å²) in [5.74, 6) is -1.30. The lowest BCUT2D eigenvalue weighted by molar-refractivity contribution is -0.144. The van der Waals surface area contributed by atoms with Gasteiger partial charge in [-0.25, -0.2) is 0 Å². The van der Waals surface area contributed by atoms with Crippen LogP contribution in [0.3, 0.4) is 0 Å². The second kappa shape index (κ2) is 5.48. The third-order valence-electron chi connectivity index (χ3n) is 3.64. The fourth-order valence-electron chi connectivity index (χ4n) is 2.23. The van der Waals surface area contributed by atoms with E-state index in [2.05, 4.69) is 0 Å². The molecule has 5 heteroatoms. The van der Waals surface area contributed by atoms with Crippen molar-refractivity contribution in [2.24, 2.45) is 0 Å². The Hall–Kier alpha value is -2.30. The van der Waals surface area contributed by atoms with Gasteiger partial charge in [-0.2, -0.15) is 13.2 Å². The number of hydrogen-bond acceptors (Lipinski definition) is 1. The van der Waals surface area contributed by atoms with E-state index in [1.807, 2.05) is 0 Å². The Labute approximate surface area is 126 Å². The Balaban J connectivity index is 2.69. The van der Waals surface area contributed by atoms with Crippen LogP contribution in [0.15, 0.2) is 48.5 Å². The van der Waals surface area contributed by atoms with Crippen molar-refractivity contribution in [3.8, 4) is 11.1 Å². The van der Waals surface area contributed by atoms with E-state index in [0.29, 0.717) is 5.56 Å². The van der Waals surface area contributed by atoms with E-state index >= 15 is 0 Å². The first-order chi connectivity index (χ1) is 10.1. The summed E-state index contributed by atoms with van der Waals surface area (Å²) in [4.78, 5) is 11.4. The number of carboxylic acids is 1. The molecule has 1 N–H and O–H groups in total. The summed E-state index contributed by atoms with van der Waals surface area (Å²) in [5, 5.41) is 9.28. The molecule has 0 aliphatic heterocycles. The first kappa shape index (κ1) is 16.1. The minimum Gasteiger partial charge on any atom is -0.481 e. The maximum atomic E-state index is 13.2. The molecule has 2 nitrogen and oxygen atoms in total. The first-order valence-electron chi connectivity index (χ1n) is 6.64. The van der Waals surface area contributed by atoms with Gasteiger partial charge in [0.15, 0.2) is 0 Å². The van der Waals surface area contributed by atoms with Crippen LogP contribution in [-0.2, 0) is 16.4 Å². The quantitative estimate of drug-likeness (QED) is 0.889. The third kappa shape index (κ3) is 2.98. The highest BCUT2D eigenvalue weighted by Crippen LogP contribution is 2.39. The molecule has 0 aromatic heterocycles. The molecule has 2 aromatic carbocycles. The van der Waals surface area contributed by atoms with Gasteiger partial charge in [-0.1, -0.05) is 36.4 Å². The summed E-state index contributed by atoms with van der Waals surface area (Å²) in [6, 6.07) is 12.5. The molecular weight excluding hydrogens is 293 g/mol. The summed E-state index contributed by atoms with van der Waals surface area (Å²) in [6.45, 7) is 2.54. The minimum absolute atomic E-state index is 0.242. The lowest BCUT2D eigenvalue weighted by Gasteiger charge is -2.25. The molecule has 0 spiro atoms. The van der Waals surface area contributed by atoms with E-state index in [4.69, 9.17) is 0 Å². The van der Waals surface area contributed by atoms with E-state index in [1.54, 1.807) is 30.3 Å². The topological polar surface area (TPSA) is 37.3 Å². The zero-order valence-corrected chi connectivity index (χ0v) is 12.1. The molecule has 0 bridgehead atoms. The van der Waals surface area contributed by atoms with Gasteiger partial charge in [-0.3, -0.25) is 4.79 Å². The van der Waals surface area contributed by atoms with Crippen molar-refractivity contribution in [1.82, 2.24) is 0 Å². The summed E-state index contributed by atoms with van der Waals surface area (Å²) >= 11 is 0. The average Bonchev–Trinajstić information content (AvgIpc) is 2.46. The predicted octanol–water partition coefficient (Wildman–Crippen LogP) is 4.73. The second-order valence-electron chi connectivity index (χ2n) is 5.55. The van der Waals surface area contributed by atoms with Gasteiger partial charge in [0.05, 0.1) is 11.0 Å². The molecule has 116 valence electrons. The van der Waals surface area contributed by atoms with E-state index in [0.717, 1.165) is 11.6 Å². The molecule has 0 atom stereocenters. The standard InChI is InChI=1S/C17H15F3O2/c1-16(2,15(21)22)14-10-12(11-6-4-3-5-7-11)8-9-13(14)17(18,19)20/h3-10H,1-2H3,(H,21,22). The summed E-state index contributed by atoms with van der Waals surface area (Å²) < 4.78 is 39.6. The molecule has 0 radical (unpaired) electrons. The highest BCUT2D eigenvalue weighted by Gasteiger charge is 2.41. The predicted molar refractivity (Wildman–Crippen MR) is 77.5 cm³/mol. The number of rotatable bonds is 3. The number of halogens is 3. The molecule has 2 rings (SSSR count). The average molecular weight is 308 g/mol. The number of benzene rings is 2. The van der Waals surface area contributed by atoms with Crippen LogP contribution in [0, 0.1) is 0 Å². The van der Waals surface area contributed by atoms with Crippen molar-refractivity contribution in [2.75, 3.05) is 0 Å². The van der Waals surface area contributed by atoms with E-state index in [-0.39, 0.29) is 5.56 Å². The van der Waals surface area contributed by atoms with Crippen LogP contribution in [0.4, 0.5) is 13.2 Å². The van der Waals surface area contributed by atoms with Gasteiger partial charge < -0.3 is 5.11 Å². The fourth-order valence-corrected chi connectivity index (χ4v) is 2.23. The minimum atomic E-state index is -4.60. The molecular formula is C17H15F3O2. The van der Waals surface area contributed by atoms with E-state index in [1.165, 1.54) is 26.0 Å². The van der Waals surface area contributed by atoms with Crippen molar-refractivity contribution < 1.29 is 23.1 Å². The SMILES string of the molecule is CC(C)(C(=O)O)c1cc(-c2ccccc2)ccc1C(F)(F)F. The lowest BCUT2D eigenvalue weighted by atomic mass is 9.80. The molecule has 0 amide bonds. The highest BCUT2D eigenvalue weighted by atomic mass is 19.4. The Morgan fingerprint density at radius 2 is 1.50 bits per heavy atom. The Kier molecular flexibility index (Phi) is 4.00. The maximum absolute atomic E-state index is 13.2. The van der Waals surface area contributed by atoms with Crippen LogP contribution in [0.1, 0.15) is 25.0 Å². The Bertz CT molecular complexity index is 689. The summed E-state index contributed by atoms with van der Waals surface area (Å²) in [6.07, 6.45) is -4.60. The number of aliphatic carboxylic acids is 1. The van der Waals surface area contributed by atoms with Crippen LogP contribution >= 0.6 is 0 Å². The molecule has 0 saturated carbocycles. The fraction of sp³-hybridized carbons (Fsp3) is 0.235. The molecule has 0 aliphatic carbocycles. The van der Waals surface area contributed by atoms with Crippen molar-refractivity contribution in [3.05, 3.63) is 59.7 Å². The summed E-state index contributed by atoms with van der Waals surface area (Å²) in [7, 11) is 0. The Morgan fingerprint density at radius 3 is 2.00 bits per heavy atom. The highest BCUT2D eigenvalue weighted by molar-refractivity contribution is 5.82. The molecule has 0 unspecified atom stereocenters. The molecule has 0 saturated heterocycles. The van der Waals surface area contributed by atoms with Gasteiger partial charge >= 0.3 is 12.1 Å². The molecule has 0 aliphatic rings. The van der Waals surface area contributed by atoms with Gasteiger partial charge in [0.2, 0.25) is 0 Å². The normalized spacial score (nSPS) is 12.2. The van der Waals surface area contributed by atoms with Crippen molar-refractivity contribution in [2.45, 2.75) is 25.4 Å². The van der Waals surface area contributed by atoms with E-state index in [9.17, 15) is 23.1 Å². The van der Waals surface area contributed by atoms with Gasteiger partial charge in [0.1, 0.15) is 0 Å². The van der Waals surface area contributed by atoms with Crippen molar-refractivity contribution in [1.29, 1.82) is 0 Å². The van der Waals surface area contributed by atoms with Gasteiger partial charge in [-0.05, 0) is 42.7 Å². The van der Waals surface area contributed by atoms with E-state index < -0.39 is 23.1 Å². The third-order valence-corrected chi connectivity index (χ3v) is 3.64. The first-order valence-corrected chi connectivity index (χ1v) is 6.64. The van der Waals surface area contributed by atoms with Crippen LogP contribution in [0.5, 0.6) is 0 Å². The molecule has 2 aromatic rings. The molecule has 0 fully saturated rings. The summed E-state index contributed by atoms with van der Waals surface area (Å²) in [5.41, 5.74) is -1.51. The van der Waals surface area contributed by atoms with Crippen LogP contribution in [0.2, 0.25) is 0 Å². The van der Waals surface area contributed by atoms with Crippen molar-refractivity contribution >= 4 is 5.97 Å². The molecule has 22 heavy (non-hydrogen) atoms. The number of carbonyl (C=O) groups is 1. The van der Waals surface area contributed by atoms with Gasteiger partial charge in [-0.15, -0.1) is 0 Å². The second-order valence-corrected chi connectivity index (χ2v) is 5.55. The molecule has 0 heterocycles. The number of carboxylic acid groups (broad SMARTS) is 1. The zero-order valence-electron chi connectivity index (χ0n) is 12.1. The van der Waals surface area contributed by atoms with Crippen LogP contribution < -0.4 is 0 Å². The lowest BCUT2D eigenvalue weighted by Crippen LogP contribution is -2.31. The van der Waals surface area contributed by atoms with Crippen LogP contribution in [-0.4, -0.2) is 11.1 Å². The van der Waals surface area contributed by atoms with Gasteiger partial charge in [0.25, 0.3) is 0 Å². The largest absolute Gasteiger partial charge is 0.481 e. The maximum Gasteiger partial charge on any atom is 0.416 e. The Morgan fingerprint density at radius 1 is 0.909 bits per heavy atom. The van der Waals surface area contributed by atoms with Gasteiger partial charge in [0, 0.05) is 0 Å². The zero-order chi connectivity index (χ0) is 16.5. The van der Waals surface area contributed by atoms with Crippen molar-refractivity contribution in [3.63, 3.8) is 0 Å². The number of alkyl halides is 3. The number of hydrogen-bond donors (Lipinski definition) is 1. The van der Waals surface area contributed by atoms with Crippen LogP contribution in [0.25, 0.3) is 11.1 Å². The monoisotopic (exact) mass is 308 g/mol. The smallest absolute Gasteiger partial charge is 0.416 e.